The van der Waals surface area contributed by atoms with Crippen molar-refractivity contribution < 1.29 is 9.53 Å². The van der Waals surface area contributed by atoms with Gasteiger partial charge in [-0.25, -0.2) is 9.78 Å². The second kappa shape index (κ2) is 6.88. The van der Waals surface area contributed by atoms with Crippen LogP contribution in [0, 0.1) is 0 Å². The average Bonchev–Trinajstić information content (AvgIpc) is 2.63. The number of esters is 1. The molecule has 0 N–H and O–H groups in total. The van der Waals surface area contributed by atoms with E-state index in [-0.39, 0.29) is 0 Å². The van der Waals surface area contributed by atoms with Crippen LogP contribution in [0.4, 0.5) is 0 Å². The summed E-state index contributed by atoms with van der Waals surface area (Å²) in [4.78, 5) is 16.6. The molecule has 3 aromatic rings. The normalized spacial score (nSPS) is 10.3. The summed E-state index contributed by atoms with van der Waals surface area (Å²) in [6.07, 6.45) is 1.65. The van der Waals surface area contributed by atoms with Gasteiger partial charge in [-0.3, -0.25) is 0 Å². The number of ether oxygens (including phenoxy) is 1. The Morgan fingerprint density at radius 2 is 1.52 bits per heavy atom. The number of hydrogen-bond donors (Lipinski definition) is 0. The molecule has 23 heavy (non-hydrogen) atoms. The Kier molecular flexibility index (Phi) is 4.48. The zero-order valence-corrected chi connectivity index (χ0v) is 12.9. The molecule has 0 amide bonds. The van der Waals surface area contributed by atoms with Gasteiger partial charge in [-0.15, -0.1) is 0 Å². The first kappa shape index (κ1) is 15.0. The Hall–Kier alpha value is -2.94. The Bertz CT molecular complexity index is 798. The lowest BCUT2D eigenvalue weighted by Gasteiger charge is -2.14. The number of hydrogen-bond acceptors (Lipinski definition) is 3. The van der Waals surface area contributed by atoms with Crippen LogP contribution >= 0.6 is 0 Å². The van der Waals surface area contributed by atoms with Crippen molar-refractivity contribution in [3.05, 3.63) is 78.6 Å². The van der Waals surface area contributed by atoms with Crippen LogP contribution in [-0.4, -0.2) is 17.6 Å². The zero-order chi connectivity index (χ0) is 16.1. The summed E-state index contributed by atoms with van der Waals surface area (Å²) in [5, 5.41) is 0. The van der Waals surface area contributed by atoms with Crippen LogP contribution in [-0.2, 0) is 4.74 Å². The van der Waals surface area contributed by atoms with Gasteiger partial charge in [-0.05, 0) is 29.7 Å². The smallest absolute Gasteiger partial charge is 0.357 e. The number of carbonyl (C=O) groups excluding carboxylic acids is 1. The molecule has 2 aromatic carbocycles. The third-order valence-corrected chi connectivity index (χ3v) is 3.57. The zero-order valence-electron chi connectivity index (χ0n) is 12.9. The molecular weight excluding hydrogens is 286 g/mol. The lowest BCUT2D eigenvalue weighted by atomic mass is 9.93. The number of benzene rings is 2. The van der Waals surface area contributed by atoms with Gasteiger partial charge in [-0.2, -0.15) is 0 Å². The van der Waals surface area contributed by atoms with Crippen LogP contribution in [0.3, 0.4) is 0 Å². The van der Waals surface area contributed by atoms with Crippen molar-refractivity contribution in [2.75, 3.05) is 6.61 Å². The molecule has 114 valence electrons. The molecule has 0 unspecified atom stereocenters. The van der Waals surface area contributed by atoms with E-state index in [2.05, 4.69) is 4.98 Å². The predicted octanol–water partition coefficient (Wildman–Crippen LogP) is 4.59. The minimum atomic E-state index is -0.399. The molecule has 1 aromatic heterocycles. The van der Waals surface area contributed by atoms with Crippen molar-refractivity contribution in [2.45, 2.75) is 6.92 Å². The molecule has 0 spiro atoms. The van der Waals surface area contributed by atoms with Gasteiger partial charge in [0, 0.05) is 11.8 Å². The van der Waals surface area contributed by atoms with E-state index >= 15 is 0 Å². The summed E-state index contributed by atoms with van der Waals surface area (Å²) >= 11 is 0. The highest BCUT2D eigenvalue weighted by Crippen LogP contribution is 2.34. The topological polar surface area (TPSA) is 39.2 Å². The first-order valence-corrected chi connectivity index (χ1v) is 7.58. The van der Waals surface area contributed by atoms with E-state index in [0.717, 1.165) is 22.3 Å². The summed E-state index contributed by atoms with van der Waals surface area (Å²) < 4.78 is 5.18. The monoisotopic (exact) mass is 303 g/mol. The fourth-order valence-electron chi connectivity index (χ4n) is 2.57. The van der Waals surface area contributed by atoms with E-state index in [4.69, 9.17) is 4.74 Å². The summed E-state index contributed by atoms with van der Waals surface area (Å²) in [7, 11) is 0. The first-order valence-electron chi connectivity index (χ1n) is 7.58. The molecule has 0 radical (unpaired) electrons. The van der Waals surface area contributed by atoms with Gasteiger partial charge >= 0.3 is 5.97 Å². The fraction of sp³-hybridized carbons (Fsp3) is 0.100. The molecule has 0 saturated heterocycles. The van der Waals surface area contributed by atoms with Crippen molar-refractivity contribution in [3.8, 4) is 22.3 Å². The molecule has 0 saturated carbocycles. The molecule has 1 heterocycles. The van der Waals surface area contributed by atoms with Gasteiger partial charge in [0.15, 0.2) is 5.69 Å². The minimum absolute atomic E-state index is 0.324. The molecule has 0 aliphatic heterocycles. The van der Waals surface area contributed by atoms with Crippen LogP contribution in [0.25, 0.3) is 22.3 Å². The average molecular weight is 303 g/mol. The minimum Gasteiger partial charge on any atom is -0.461 e. The second-order valence-corrected chi connectivity index (χ2v) is 5.03. The molecule has 0 aliphatic rings. The van der Waals surface area contributed by atoms with Crippen molar-refractivity contribution in [2.24, 2.45) is 0 Å². The number of carbonyl (C=O) groups is 1. The Morgan fingerprint density at radius 1 is 0.913 bits per heavy atom. The van der Waals surface area contributed by atoms with Crippen LogP contribution in [0.5, 0.6) is 0 Å². The Morgan fingerprint density at radius 3 is 2.13 bits per heavy atom. The van der Waals surface area contributed by atoms with E-state index in [1.54, 1.807) is 13.1 Å². The van der Waals surface area contributed by atoms with Crippen molar-refractivity contribution in [3.63, 3.8) is 0 Å². The van der Waals surface area contributed by atoms with Crippen LogP contribution < -0.4 is 0 Å². The molecule has 0 aliphatic carbocycles. The number of nitrogens with zero attached hydrogens (tertiary/aromatic N) is 1. The van der Waals surface area contributed by atoms with Gasteiger partial charge in [0.25, 0.3) is 0 Å². The van der Waals surface area contributed by atoms with Crippen LogP contribution in [0.15, 0.2) is 72.9 Å². The highest BCUT2D eigenvalue weighted by atomic mass is 16.5. The molecule has 0 atom stereocenters. The summed E-state index contributed by atoms with van der Waals surface area (Å²) in [6.45, 7) is 2.12. The lowest BCUT2D eigenvalue weighted by molar-refractivity contribution is 0.0520. The molecule has 3 heteroatoms. The predicted molar refractivity (Wildman–Crippen MR) is 91.1 cm³/mol. The highest BCUT2D eigenvalue weighted by Gasteiger charge is 2.19. The molecule has 0 bridgehead atoms. The largest absolute Gasteiger partial charge is 0.461 e. The summed E-state index contributed by atoms with van der Waals surface area (Å²) in [5.74, 6) is -0.399. The van der Waals surface area contributed by atoms with E-state index in [1.165, 1.54) is 0 Å². The second-order valence-electron chi connectivity index (χ2n) is 5.03. The maximum Gasteiger partial charge on any atom is 0.357 e. The Balaban J connectivity index is 2.25. The quantitative estimate of drug-likeness (QED) is 0.662. The maximum atomic E-state index is 12.3. The van der Waals surface area contributed by atoms with E-state index in [1.807, 2.05) is 66.7 Å². The van der Waals surface area contributed by atoms with Gasteiger partial charge in [-0.1, -0.05) is 60.7 Å². The van der Waals surface area contributed by atoms with Gasteiger partial charge in [0.2, 0.25) is 0 Å². The number of pyridine rings is 1. The molecule has 0 fully saturated rings. The first-order chi connectivity index (χ1) is 11.3. The van der Waals surface area contributed by atoms with Gasteiger partial charge < -0.3 is 4.74 Å². The number of aromatic nitrogens is 1. The summed E-state index contributed by atoms with van der Waals surface area (Å²) in [5.41, 5.74) is 4.11. The molecular formula is C20H17NO2. The van der Waals surface area contributed by atoms with Crippen molar-refractivity contribution in [1.82, 2.24) is 4.98 Å². The molecule has 3 nitrogen and oxygen atoms in total. The standard InChI is InChI=1S/C20H17NO2/c1-2-23-20(22)19-18(16-11-7-4-8-12-16)17(13-14-21-19)15-9-5-3-6-10-15/h3-14H,2H2,1H3. The van der Waals surface area contributed by atoms with Crippen LogP contribution in [0.2, 0.25) is 0 Å². The maximum absolute atomic E-state index is 12.3. The van der Waals surface area contributed by atoms with Crippen LogP contribution in [0.1, 0.15) is 17.4 Å². The SMILES string of the molecule is CCOC(=O)c1nccc(-c2ccccc2)c1-c1ccccc1. The van der Waals surface area contributed by atoms with E-state index in [9.17, 15) is 4.79 Å². The Labute approximate surface area is 135 Å². The van der Waals surface area contributed by atoms with Gasteiger partial charge in [0.1, 0.15) is 0 Å². The lowest BCUT2D eigenvalue weighted by Crippen LogP contribution is -2.09. The fourth-order valence-corrected chi connectivity index (χ4v) is 2.57. The van der Waals surface area contributed by atoms with Crippen molar-refractivity contribution in [1.29, 1.82) is 0 Å². The number of rotatable bonds is 4. The van der Waals surface area contributed by atoms with Gasteiger partial charge in [0.05, 0.1) is 6.61 Å². The molecule has 3 rings (SSSR count). The third-order valence-electron chi connectivity index (χ3n) is 3.57. The van der Waals surface area contributed by atoms with E-state index in [0.29, 0.717) is 12.3 Å². The third kappa shape index (κ3) is 3.14. The van der Waals surface area contributed by atoms with E-state index < -0.39 is 5.97 Å². The van der Waals surface area contributed by atoms with Crippen molar-refractivity contribution >= 4 is 5.97 Å². The highest BCUT2D eigenvalue weighted by molar-refractivity contribution is 6.00. The summed E-state index contributed by atoms with van der Waals surface area (Å²) in [6, 6.07) is 21.7.